The van der Waals surface area contributed by atoms with Crippen molar-refractivity contribution >= 4 is 27.4 Å². The van der Waals surface area contributed by atoms with Crippen molar-refractivity contribution in [2.45, 2.75) is 76.2 Å². The molecule has 0 bridgehead atoms. The molecular weight excluding hydrogens is 464 g/mol. The number of anilines is 1. The first-order valence-corrected chi connectivity index (χ1v) is 13.9. The van der Waals surface area contributed by atoms with E-state index in [1.54, 1.807) is 13.0 Å². The van der Waals surface area contributed by atoms with Gasteiger partial charge in [-0.1, -0.05) is 25.3 Å². The monoisotopic (exact) mass is 498 g/mol. The molecule has 188 valence electrons. The Kier molecular flexibility index (Phi) is 7.96. The molecule has 0 atom stereocenters. The summed E-state index contributed by atoms with van der Waals surface area (Å²) in [4.78, 5) is 35.5. The summed E-state index contributed by atoms with van der Waals surface area (Å²) in [5, 5.41) is 0. The van der Waals surface area contributed by atoms with Crippen molar-refractivity contribution in [3.05, 3.63) is 47.4 Å². The van der Waals surface area contributed by atoms with E-state index < -0.39 is 10.0 Å². The number of aromatic nitrogens is 2. The van der Waals surface area contributed by atoms with Crippen LogP contribution in [0.3, 0.4) is 0 Å². The summed E-state index contributed by atoms with van der Waals surface area (Å²) >= 11 is 0. The molecule has 0 radical (unpaired) electrons. The molecule has 2 aliphatic rings. The highest BCUT2D eigenvalue weighted by Crippen LogP contribution is 2.34. The molecule has 2 aliphatic carbocycles. The van der Waals surface area contributed by atoms with E-state index in [-0.39, 0.29) is 29.4 Å². The number of hydrogen-bond acceptors (Lipinski definition) is 7. The third-order valence-corrected chi connectivity index (χ3v) is 8.29. The topological polar surface area (TPSA) is 109 Å². The Balaban J connectivity index is 1.49. The van der Waals surface area contributed by atoms with Gasteiger partial charge in [0.15, 0.2) is 5.78 Å². The SMILES string of the molecule is CC(=O)CNS(=O)(=O)c1ccc(CC(=O)c2cc(N(CC3CC3)C3CCCCC3)ncn2)c(C)c1. The van der Waals surface area contributed by atoms with Crippen LogP contribution in [0.5, 0.6) is 0 Å². The molecule has 0 unspecified atom stereocenters. The maximum absolute atomic E-state index is 13.1. The van der Waals surface area contributed by atoms with Gasteiger partial charge in [-0.25, -0.2) is 23.1 Å². The Hall–Kier alpha value is -2.65. The molecule has 8 nitrogen and oxygen atoms in total. The summed E-state index contributed by atoms with van der Waals surface area (Å²) in [5.41, 5.74) is 1.81. The molecule has 1 heterocycles. The molecule has 1 aromatic carbocycles. The highest BCUT2D eigenvalue weighted by molar-refractivity contribution is 7.89. The Bertz CT molecular complexity index is 1190. The van der Waals surface area contributed by atoms with Gasteiger partial charge in [0.2, 0.25) is 10.0 Å². The smallest absolute Gasteiger partial charge is 0.240 e. The maximum atomic E-state index is 13.1. The minimum Gasteiger partial charge on any atom is -0.353 e. The van der Waals surface area contributed by atoms with E-state index in [2.05, 4.69) is 19.6 Å². The van der Waals surface area contributed by atoms with Crippen LogP contribution >= 0.6 is 0 Å². The fourth-order valence-electron chi connectivity index (χ4n) is 4.63. The van der Waals surface area contributed by atoms with Crippen LogP contribution in [0.25, 0.3) is 0 Å². The van der Waals surface area contributed by atoms with Crippen LogP contribution in [0.4, 0.5) is 5.82 Å². The predicted octanol–water partition coefficient (Wildman–Crippen LogP) is 3.63. The zero-order valence-corrected chi connectivity index (χ0v) is 21.3. The van der Waals surface area contributed by atoms with Gasteiger partial charge in [-0.15, -0.1) is 0 Å². The Morgan fingerprint density at radius 3 is 2.46 bits per heavy atom. The number of carbonyl (C=O) groups excluding carboxylic acids is 2. The zero-order valence-electron chi connectivity index (χ0n) is 20.5. The van der Waals surface area contributed by atoms with E-state index in [1.165, 1.54) is 57.5 Å². The largest absolute Gasteiger partial charge is 0.353 e. The molecule has 1 N–H and O–H groups in total. The fourth-order valence-corrected chi connectivity index (χ4v) is 5.77. The number of ketones is 2. The van der Waals surface area contributed by atoms with Gasteiger partial charge >= 0.3 is 0 Å². The number of nitrogens with zero attached hydrogens (tertiary/aromatic N) is 3. The van der Waals surface area contributed by atoms with Crippen molar-refractivity contribution in [3.63, 3.8) is 0 Å². The molecular formula is C26H34N4O4S. The molecule has 0 saturated heterocycles. The van der Waals surface area contributed by atoms with Gasteiger partial charge in [0, 0.05) is 25.1 Å². The molecule has 4 rings (SSSR count). The minimum absolute atomic E-state index is 0.0694. The Labute approximate surface area is 207 Å². The lowest BCUT2D eigenvalue weighted by Gasteiger charge is -2.35. The summed E-state index contributed by atoms with van der Waals surface area (Å²) in [6.45, 7) is 3.83. The molecule has 35 heavy (non-hydrogen) atoms. The molecule has 0 spiro atoms. The number of aryl methyl sites for hydroxylation is 1. The second-order valence-electron chi connectivity index (χ2n) is 9.86. The van der Waals surface area contributed by atoms with E-state index in [0.717, 1.165) is 30.8 Å². The Morgan fingerprint density at radius 1 is 1.06 bits per heavy atom. The Morgan fingerprint density at radius 2 is 1.80 bits per heavy atom. The fraction of sp³-hybridized carbons (Fsp3) is 0.538. The third kappa shape index (κ3) is 6.73. The van der Waals surface area contributed by atoms with Crippen LogP contribution in [0, 0.1) is 12.8 Å². The van der Waals surface area contributed by atoms with E-state index in [4.69, 9.17) is 0 Å². The van der Waals surface area contributed by atoms with E-state index >= 15 is 0 Å². The van der Waals surface area contributed by atoms with Gasteiger partial charge in [0.05, 0.1) is 11.4 Å². The second-order valence-corrected chi connectivity index (χ2v) is 11.6. The number of benzene rings is 1. The molecule has 2 aromatic rings. The van der Waals surface area contributed by atoms with Crippen LogP contribution in [-0.2, 0) is 21.2 Å². The lowest BCUT2D eigenvalue weighted by molar-refractivity contribution is -0.115. The molecule has 0 aliphatic heterocycles. The quantitative estimate of drug-likeness (QED) is 0.471. The normalized spacial score (nSPS) is 16.7. The molecule has 2 saturated carbocycles. The van der Waals surface area contributed by atoms with Gasteiger partial charge in [0.1, 0.15) is 23.6 Å². The highest BCUT2D eigenvalue weighted by atomic mass is 32.2. The number of nitrogens with one attached hydrogen (secondary N) is 1. The van der Waals surface area contributed by atoms with Gasteiger partial charge in [-0.2, -0.15) is 0 Å². The average Bonchev–Trinajstić information content (AvgIpc) is 3.67. The third-order valence-electron chi connectivity index (χ3n) is 6.89. The zero-order chi connectivity index (χ0) is 25.0. The van der Waals surface area contributed by atoms with Gasteiger partial charge in [0.25, 0.3) is 0 Å². The first kappa shape index (κ1) is 25.4. The molecule has 9 heteroatoms. The van der Waals surface area contributed by atoms with Crippen LogP contribution in [0.1, 0.15) is 73.5 Å². The summed E-state index contributed by atoms with van der Waals surface area (Å²) in [6.07, 6.45) is 10.2. The number of Topliss-reactive ketones (excluding diaryl/α,β-unsaturated/α-hetero) is 2. The van der Waals surface area contributed by atoms with Gasteiger partial charge < -0.3 is 4.90 Å². The van der Waals surface area contributed by atoms with Crippen molar-refractivity contribution in [2.24, 2.45) is 5.92 Å². The summed E-state index contributed by atoms with van der Waals surface area (Å²) in [5.74, 6) is 1.15. The van der Waals surface area contributed by atoms with E-state index in [0.29, 0.717) is 23.2 Å². The van der Waals surface area contributed by atoms with Crippen LogP contribution in [0.15, 0.2) is 35.5 Å². The van der Waals surface area contributed by atoms with Crippen LogP contribution in [0.2, 0.25) is 0 Å². The molecule has 1 aromatic heterocycles. The van der Waals surface area contributed by atoms with Crippen molar-refractivity contribution in [1.82, 2.24) is 14.7 Å². The van der Waals surface area contributed by atoms with Crippen molar-refractivity contribution in [2.75, 3.05) is 18.0 Å². The van der Waals surface area contributed by atoms with Crippen LogP contribution < -0.4 is 9.62 Å². The number of sulfonamides is 1. The summed E-state index contributed by atoms with van der Waals surface area (Å²) in [7, 11) is -3.79. The lowest BCUT2D eigenvalue weighted by atomic mass is 9.94. The predicted molar refractivity (Wildman–Crippen MR) is 134 cm³/mol. The maximum Gasteiger partial charge on any atom is 0.240 e. The minimum atomic E-state index is -3.79. The standard InChI is InChI=1S/C26H34N4O4S/c1-18-12-23(35(33,34)29-15-19(2)31)11-10-21(18)13-25(32)24-14-26(28-17-27-24)30(16-20-8-9-20)22-6-4-3-5-7-22/h10-12,14,17,20,22,29H,3-9,13,15-16H2,1-2H3. The first-order chi connectivity index (χ1) is 16.7. The average molecular weight is 499 g/mol. The highest BCUT2D eigenvalue weighted by Gasteiger charge is 2.30. The number of rotatable bonds is 11. The molecule has 0 amide bonds. The van der Waals surface area contributed by atoms with Gasteiger partial charge in [-0.05, 0) is 68.7 Å². The van der Waals surface area contributed by atoms with E-state index in [9.17, 15) is 18.0 Å². The first-order valence-electron chi connectivity index (χ1n) is 12.4. The van der Waals surface area contributed by atoms with Gasteiger partial charge in [-0.3, -0.25) is 9.59 Å². The van der Waals surface area contributed by atoms with E-state index in [1.807, 2.05) is 6.07 Å². The second kappa shape index (κ2) is 11.0. The van der Waals surface area contributed by atoms with Crippen molar-refractivity contribution in [3.8, 4) is 0 Å². The van der Waals surface area contributed by atoms with Crippen LogP contribution in [-0.4, -0.2) is 49.1 Å². The summed E-state index contributed by atoms with van der Waals surface area (Å²) < 4.78 is 27.1. The van der Waals surface area contributed by atoms with Crippen molar-refractivity contribution in [1.29, 1.82) is 0 Å². The number of hydrogen-bond donors (Lipinski definition) is 1. The summed E-state index contributed by atoms with van der Waals surface area (Å²) in [6, 6.07) is 6.93. The molecule has 2 fully saturated rings. The number of carbonyl (C=O) groups is 2. The lowest BCUT2D eigenvalue weighted by Crippen LogP contribution is -2.39. The van der Waals surface area contributed by atoms with Crippen molar-refractivity contribution < 1.29 is 18.0 Å².